The van der Waals surface area contributed by atoms with Gasteiger partial charge in [0, 0.05) is 24.5 Å². The van der Waals surface area contributed by atoms with Crippen LogP contribution in [0.3, 0.4) is 0 Å². The molecule has 0 spiro atoms. The minimum atomic E-state index is -0.230. The standard InChI is InChI=1S/C20H18ClN5O3S/c1-22-19(27)14-4-3-12(9-24-14)28-8-2-7-23-18-17-13(15-5-6-16(21)29-15)10-30-20(17)26-11-25-18/h3-6,9-11H,2,7-8H2,1H3,(H,22,27)(H,23,25,26). The molecule has 0 unspecified atom stereocenters. The number of furan rings is 1. The Morgan fingerprint density at radius 2 is 2.13 bits per heavy atom. The van der Waals surface area contributed by atoms with Gasteiger partial charge in [-0.1, -0.05) is 0 Å². The molecule has 154 valence electrons. The third kappa shape index (κ3) is 4.37. The molecule has 10 heteroatoms. The number of rotatable bonds is 8. The van der Waals surface area contributed by atoms with Crippen molar-refractivity contribution < 1.29 is 13.9 Å². The Bertz CT molecular complexity index is 1160. The lowest BCUT2D eigenvalue weighted by atomic mass is 10.2. The van der Waals surface area contributed by atoms with Gasteiger partial charge in [0.2, 0.25) is 0 Å². The molecule has 1 amide bonds. The van der Waals surface area contributed by atoms with Crippen molar-refractivity contribution in [1.82, 2.24) is 20.3 Å². The molecule has 0 atom stereocenters. The third-order valence-corrected chi connectivity index (χ3v) is 5.38. The molecular weight excluding hydrogens is 426 g/mol. The number of ether oxygens (including phenoxy) is 1. The highest BCUT2D eigenvalue weighted by Gasteiger charge is 2.15. The number of carbonyl (C=O) groups is 1. The van der Waals surface area contributed by atoms with Crippen molar-refractivity contribution in [2.45, 2.75) is 6.42 Å². The van der Waals surface area contributed by atoms with Crippen LogP contribution in [0.2, 0.25) is 5.22 Å². The highest BCUT2D eigenvalue weighted by molar-refractivity contribution is 7.17. The van der Waals surface area contributed by atoms with Gasteiger partial charge < -0.3 is 19.8 Å². The molecule has 0 saturated heterocycles. The van der Waals surface area contributed by atoms with Crippen molar-refractivity contribution in [3.8, 4) is 17.1 Å². The number of hydrogen-bond acceptors (Lipinski definition) is 8. The number of carbonyl (C=O) groups excluding carboxylic acids is 1. The van der Waals surface area contributed by atoms with E-state index < -0.39 is 0 Å². The van der Waals surface area contributed by atoms with E-state index in [0.29, 0.717) is 35.6 Å². The number of hydrogen-bond donors (Lipinski definition) is 2. The molecule has 30 heavy (non-hydrogen) atoms. The summed E-state index contributed by atoms with van der Waals surface area (Å²) in [6.45, 7) is 1.15. The SMILES string of the molecule is CNC(=O)c1ccc(OCCCNc2ncnc3scc(-c4ccc(Cl)o4)c23)cn1. The number of nitrogens with zero attached hydrogens (tertiary/aromatic N) is 3. The molecule has 2 N–H and O–H groups in total. The Morgan fingerprint density at radius 1 is 1.23 bits per heavy atom. The number of pyridine rings is 1. The van der Waals surface area contributed by atoms with Crippen molar-refractivity contribution in [2.75, 3.05) is 25.5 Å². The number of thiophene rings is 1. The van der Waals surface area contributed by atoms with Gasteiger partial charge in [0.25, 0.3) is 5.91 Å². The summed E-state index contributed by atoms with van der Waals surface area (Å²) in [5, 5.41) is 9.10. The number of aromatic nitrogens is 3. The van der Waals surface area contributed by atoms with E-state index in [0.717, 1.165) is 28.0 Å². The molecule has 4 heterocycles. The van der Waals surface area contributed by atoms with Crippen LogP contribution in [0.1, 0.15) is 16.9 Å². The van der Waals surface area contributed by atoms with Crippen molar-refractivity contribution in [3.05, 3.63) is 53.1 Å². The van der Waals surface area contributed by atoms with E-state index in [1.807, 2.05) is 11.4 Å². The monoisotopic (exact) mass is 443 g/mol. The van der Waals surface area contributed by atoms with Crippen LogP contribution in [0.25, 0.3) is 21.5 Å². The van der Waals surface area contributed by atoms with Crippen LogP contribution in [0, 0.1) is 0 Å². The molecule has 8 nitrogen and oxygen atoms in total. The normalized spacial score (nSPS) is 10.9. The van der Waals surface area contributed by atoms with Crippen LogP contribution in [-0.2, 0) is 0 Å². The van der Waals surface area contributed by atoms with Crippen molar-refractivity contribution in [1.29, 1.82) is 0 Å². The smallest absolute Gasteiger partial charge is 0.269 e. The van der Waals surface area contributed by atoms with E-state index in [4.69, 9.17) is 20.8 Å². The van der Waals surface area contributed by atoms with Crippen molar-refractivity contribution in [2.24, 2.45) is 0 Å². The molecule has 4 aromatic rings. The lowest BCUT2D eigenvalue weighted by molar-refractivity contribution is 0.0958. The molecule has 0 bridgehead atoms. The highest BCUT2D eigenvalue weighted by atomic mass is 35.5. The Morgan fingerprint density at radius 3 is 2.87 bits per heavy atom. The van der Waals surface area contributed by atoms with Crippen molar-refractivity contribution >= 4 is 44.9 Å². The first kappa shape index (κ1) is 20.1. The summed E-state index contributed by atoms with van der Waals surface area (Å²) < 4.78 is 11.2. The first-order valence-electron chi connectivity index (χ1n) is 9.18. The van der Waals surface area contributed by atoms with E-state index in [1.54, 1.807) is 25.2 Å². The zero-order valence-corrected chi connectivity index (χ0v) is 17.6. The lowest BCUT2D eigenvalue weighted by Crippen LogP contribution is -2.19. The Kier molecular flexibility index (Phi) is 6.10. The average molecular weight is 444 g/mol. The number of fused-ring (bicyclic) bond motifs is 1. The Balaban J connectivity index is 1.35. The summed E-state index contributed by atoms with van der Waals surface area (Å²) in [6.07, 6.45) is 3.82. The largest absolute Gasteiger partial charge is 0.492 e. The predicted molar refractivity (Wildman–Crippen MR) is 116 cm³/mol. The number of amides is 1. The zero-order chi connectivity index (χ0) is 20.9. The second-order valence-electron chi connectivity index (χ2n) is 6.24. The third-order valence-electron chi connectivity index (χ3n) is 4.29. The van der Waals surface area contributed by atoms with Crippen LogP contribution in [0.4, 0.5) is 5.82 Å². The second kappa shape index (κ2) is 9.10. The van der Waals surface area contributed by atoms with Crippen LogP contribution < -0.4 is 15.4 Å². The van der Waals surface area contributed by atoms with Gasteiger partial charge in [0.05, 0.1) is 18.2 Å². The van der Waals surface area contributed by atoms with Crippen LogP contribution in [0.15, 0.2) is 46.6 Å². The number of nitrogens with one attached hydrogen (secondary N) is 2. The number of anilines is 1. The fraction of sp³-hybridized carbons (Fsp3) is 0.200. The van der Waals surface area contributed by atoms with Gasteiger partial charge >= 0.3 is 0 Å². The van der Waals surface area contributed by atoms with Gasteiger partial charge in [-0.05, 0) is 42.3 Å². The highest BCUT2D eigenvalue weighted by Crippen LogP contribution is 2.37. The molecule has 4 aromatic heterocycles. The van der Waals surface area contributed by atoms with Gasteiger partial charge in [0.15, 0.2) is 5.22 Å². The molecule has 0 aliphatic heterocycles. The summed E-state index contributed by atoms with van der Waals surface area (Å²) >= 11 is 7.44. The molecule has 0 radical (unpaired) electrons. The summed E-state index contributed by atoms with van der Waals surface area (Å²) in [5.74, 6) is 1.80. The second-order valence-corrected chi connectivity index (χ2v) is 7.47. The van der Waals surface area contributed by atoms with E-state index >= 15 is 0 Å². The minimum Gasteiger partial charge on any atom is -0.492 e. The number of halogens is 1. The quantitative estimate of drug-likeness (QED) is 0.392. The fourth-order valence-electron chi connectivity index (χ4n) is 2.85. The van der Waals surface area contributed by atoms with Crippen molar-refractivity contribution in [3.63, 3.8) is 0 Å². The van der Waals surface area contributed by atoms with Gasteiger partial charge in [-0.2, -0.15) is 0 Å². The maximum absolute atomic E-state index is 11.5. The lowest BCUT2D eigenvalue weighted by Gasteiger charge is -2.09. The molecule has 4 rings (SSSR count). The fourth-order valence-corrected chi connectivity index (χ4v) is 3.89. The summed E-state index contributed by atoms with van der Waals surface area (Å²) in [6, 6.07) is 6.90. The molecule has 0 fully saturated rings. The molecule has 0 aromatic carbocycles. The van der Waals surface area contributed by atoms with Gasteiger partial charge in [-0.15, -0.1) is 11.3 Å². The zero-order valence-electron chi connectivity index (χ0n) is 16.0. The van der Waals surface area contributed by atoms with E-state index in [9.17, 15) is 4.79 Å². The Labute approximate surface area is 181 Å². The maximum atomic E-state index is 11.5. The molecule has 0 aliphatic carbocycles. The van der Waals surface area contributed by atoms with E-state index in [2.05, 4.69) is 25.6 Å². The first-order chi connectivity index (χ1) is 14.7. The summed E-state index contributed by atoms with van der Waals surface area (Å²) in [4.78, 5) is 25.2. The Hall–Kier alpha value is -3.17. The minimum absolute atomic E-state index is 0.230. The molecule has 0 saturated carbocycles. The predicted octanol–water partition coefficient (Wildman–Crippen LogP) is 4.24. The van der Waals surface area contributed by atoms with E-state index in [1.165, 1.54) is 23.9 Å². The van der Waals surface area contributed by atoms with Gasteiger partial charge in [0.1, 0.15) is 34.2 Å². The average Bonchev–Trinajstić information content (AvgIpc) is 3.40. The molecule has 0 aliphatic rings. The maximum Gasteiger partial charge on any atom is 0.269 e. The molecular formula is C20H18ClN5O3S. The summed E-state index contributed by atoms with van der Waals surface area (Å²) in [5.41, 5.74) is 1.26. The van der Waals surface area contributed by atoms with Crippen LogP contribution in [-0.4, -0.2) is 41.1 Å². The topological polar surface area (TPSA) is 102 Å². The van der Waals surface area contributed by atoms with E-state index in [-0.39, 0.29) is 5.91 Å². The van der Waals surface area contributed by atoms with Crippen LogP contribution in [0.5, 0.6) is 5.75 Å². The van der Waals surface area contributed by atoms with Gasteiger partial charge in [-0.25, -0.2) is 15.0 Å². The first-order valence-corrected chi connectivity index (χ1v) is 10.4. The summed E-state index contributed by atoms with van der Waals surface area (Å²) in [7, 11) is 1.57. The van der Waals surface area contributed by atoms with Crippen LogP contribution >= 0.6 is 22.9 Å². The van der Waals surface area contributed by atoms with Gasteiger partial charge in [-0.3, -0.25) is 4.79 Å².